The Bertz CT molecular complexity index is 1320. The Labute approximate surface area is 239 Å². The summed E-state index contributed by atoms with van der Waals surface area (Å²) in [6.07, 6.45) is 0. The molecule has 0 unspecified atom stereocenters. The topological polar surface area (TPSA) is 96.4 Å². The monoisotopic (exact) mass is 569 g/mol. The van der Waals surface area contributed by atoms with Crippen LogP contribution in [-0.4, -0.2) is 73.4 Å². The van der Waals surface area contributed by atoms with Crippen molar-refractivity contribution >= 4 is 52.2 Å². The molecule has 2 N–H and O–H groups in total. The van der Waals surface area contributed by atoms with E-state index in [4.69, 9.17) is 43.0 Å². The zero-order valence-corrected chi connectivity index (χ0v) is 24.2. The van der Waals surface area contributed by atoms with Crippen LogP contribution in [-0.2, 0) is 0 Å². The lowest BCUT2D eigenvalue weighted by molar-refractivity contribution is 0.324. The van der Waals surface area contributed by atoms with Gasteiger partial charge in [-0.05, 0) is 50.3 Å². The van der Waals surface area contributed by atoms with Crippen molar-refractivity contribution in [2.45, 2.75) is 13.8 Å². The van der Waals surface area contributed by atoms with Crippen LogP contribution in [0.3, 0.4) is 0 Å². The van der Waals surface area contributed by atoms with Gasteiger partial charge in [-0.15, -0.1) is 0 Å². The van der Waals surface area contributed by atoms with Crippen LogP contribution in [0.5, 0.6) is 17.2 Å². The quantitative estimate of drug-likeness (QED) is 0.246. The molecule has 1 aliphatic heterocycles. The Morgan fingerprint density at radius 1 is 0.897 bits per heavy atom. The van der Waals surface area contributed by atoms with Crippen LogP contribution in [0.25, 0.3) is 0 Å². The van der Waals surface area contributed by atoms with Crippen LogP contribution in [0, 0.1) is 13.8 Å². The number of benzene rings is 2. The van der Waals surface area contributed by atoms with Gasteiger partial charge < -0.3 is 29.3 Å². The molecule has 4 rings (SSSR count). The van der Waals surface area contributed by atoms with E-state index in [9.17, 15) is 0 Å². The summed E-state index contributed by atoms with van der Waals surface area (Å²) in [5.74, 6) is 2.51. The van der Waals surface area contributed by atoms with Crippen molar-refractivity contribution in [3.8, 4) is 17.2 Å². The van der Waals surface area contributed by atoms with Gasteiger partial charge >= 0.3 is 0 Å². The van der Waals surface area contributed by atoms with Crippen molar-refractivity contribution in [1.29, 1.82) is 0 Å². The predicted molar refractivity (Wildman–Crippen MR) is 160 cm³/mol. The molecule has 39 heavy (non-hydrogen) atoms. The molecule has 0 amide bonds. The molecule has 206 valence electrons. The molecule has 0 bridgehead atoms. The summed E-state index contributed by atoms with van der Waals surface area (Å²) in [6.45, 7) is 6.82. The zero-order chi connectivity index (χ0) is 27.9. The van der Waals surface area contributed by atoms with Gasteiger partial charge in [0.2, 0.25) is 22.8 Å². The third-order valence-corrected chi connectivity index (χ3v) is 6.51. The number of hydrogen-bond donors (Lipinski definition) is 2. The van der Waals surface area contributed by atoms with E-state index in [0.717, 1.165) is 30.2 Å². The number of piperazine rings is 1. The third kappa shape index (κ3) is 7.18. The number of aryl methyl sites for hydroxylation is 2. The Hall–Kier alpha value is -3.83. The van der Waals surface area contributed by atoms with E-state index in [2.05, 4.69) is 36.5 Å². The molecule has 0 aliphatic carbocycles. The second-order valence-electron chi connectivity index (χ2n) is 8.83. The highest BCUT2D eigenvalue weighted by molar-refractivity contribution is 7.80. The molecule has 10 nitrogen and oxygen atoms in total. The van der Waals surface area contributed by atoms with Gasteiger partial charge in [0.25, 0.3) is 0 Å². The zero-order valence-electron chi connectivity index (χ0n) is 22.6. The van der Waals surface area contributed by atoms with Gasteiger partial charge in [0.1, 0.15) is 0 Å². The lowest BCUT2D eigenvalue weighted by Crippen LogP contribution is -2.51. The molecule has 0 radical (unpaired) electrons. The Balaban J connectivity index is 1.57. The number of nitrogens with zero attached hydrogens (tertiary/aromatic N) is 5. The summed E-state index contributed by atoms with van der Waals surface area (Å²) in [5.41, 5.74) is 3.44. The normalized spacial score (nSPS) is 13.6. The molecule has 1 aromatic heterocycles. The molecule has 0 atom stereocenters. The maximum absolute atomic E-state index is 6.21. The van der Waals surface area contributed by atoms with Crippen molar-refractivity contribution in [3.63, 3.8) is 0 Å². The summed E-state index contributed by atoms with van der Waals surface area (Å²) in [5, 5.41) is 7.41. The highest BCUT2D eigenvalue weighted by Gasteiger charge is 2.22. The molecule has 0 saturated carbocycles. The number of aliphatic imine (C=N–C) groups is 1. The van der Waals surface area contributed by atoms with Crippen molar-refractivity contribution in [2.24, 2.45) is 4.99 Å². The summed E-state index contributed by atoms with van der Waals surface area (Å²) in [7, 11) is 4.68. The molecule has 3 aromatic rings. The van der Waals surface area contributed by atoms with Crippen molar-refractivity contribution in [1.82, 2.24) is 14.9 Å². The number of aromatic nitrogens is 2. The molecule has 1 aliphatic rings. The first kappa shape index (κ1) is 28.2. The standard InChI is InChI=1S/C27H32ClN7O3S/c1-17-13-18(2)30-25(29-17)32-26(35-11-9-34(10-12-35)21-8-6-7-19(28)14-21)33-27(39)31-20-15-22(36-3)24(38-5)23(16-20)37-4/h6-8,13-16H,9-12H2,1-5H3,(H2,29,30,31,32,33,39). The first-order valence-electron chi connectivity index (χ1n) is 12.3. The first-order chi connectivity index (χ1) is 18.8. The molecule has 1 saturated heterocycles. The predicted octanol–water partition coefficient (Wildman–Crippen LogP) is 4.76. The minimum absolute atomic E-state index is 0.244. The number of nitrogens with one attached hydrogen (secondary N) is 2. The van der Waals surface area contributed by atoms with Crippen LogP contribution in [0.4, 0.5) is 17.3 Å². The summed E-state index contributed by atoms with van der Waals surface area (Å²) in [4.78, 5) is 18.2. The maximum Gasteiger partial charge on any atom is 0.229 e. The second-order valence-corrected chi connectivity index (χ2v) is 9.66. The Kier molecular flexibility index (Phi) is 9.26. The first-order valence-corrected chi connectivity index (χ1v) is 13.1. The maximum atomic E-state index is 6.21. The average molecular weight is 570 g/mol. The second kappa shape index (κ2) is 12.8. The average Bonchev–Trinajstić information content (AvgIpc) is 2.91. The Morgan fingerprint density at radius 2 is 1.54 bits per heavy atom. The van der Waals surface area contributed by atoms with Gasteiger partial charge in [0.05, 0.1) is 21.3 Å². The highest BCUT2D eigenvalue weighted by atomic mass is 35.5. The molecular weight excluding hydrogens is 538 g/mol. The smallest absolute Gasteiger partial charge is 0.229 e. The van der Waals surface area contributed by atoms with E-state index in [1.54, 1.807) is 33.5 Å². The number of guanidine groups is 1. The number of methoxy groups -OCH3 is 3. The van der Waals surface area contributed by atoms with Gasteiger partial charge in [0.15, 0.2) is 11.5 Å². The van der Waals surface area contributed by atoms with Gasteiger partial charge in [-0.2, -0.15) is 4.99 Å². The number of rotatable bonds is 6. The van der Waals surface area contributed by atoms with E-state index in [-0.39, 0.29) is 5.11 Å². The lowest BCUT2D eigenvalue weighted by Gasteiger charge is -2.37. The van der Waals surface area contributed by atoms with E-state index in [0.29, 0.717) is 53.0 Å². The van der Waals surface area contributed by atoms with Crippen LogP contribution in [0.15, 0.2) is 47.5 Å². The lowest BCUT2D eigenvalue weighted by atomic mass is 10.2. The number of hydrogen-bond acceptors (Lipinski definition) is 7. The van der Waals surface area contributed by atoms with Gasteiger partial charge in [0, 0.05) is 66.1 Å². The fourth-order valence-corrected chi connectivity index (χ4v) is 4.70. The van der Waals surface area contributed by atoms with E-state index in [1.165, 1.54) is 0 Å². The summed E-state index contributed by atoms with van der Waals surface area (Å²) >= 11 is 11.9. The number of anilines is 3. The van der Waals surface area contributed by atoms with E-state index >= 15 is 0 Å². The van der Waals surface area contributed by atoms with E-state index in [1.807, 2.05) is 38.1 Å². The minimum Gasteiger partial charge on any atom is -0.493 e. The van der Waals surface area contributed by atoms with Crippen LogP contribution in [0.2, 0.25) is 5.02 Å². The van der Waals surface area contributed by atoms with Crippen molar-refractivity contribution in [3.05, 3.63) is 58.9 Å². The highest BCUT2D eigenvalue weighted by Crippen LogP contribution is 2.40. The van der Waals surface area contributed by atoms with Gasteiger partial charge in [-0.1, -0.05) is 17.7 Å². The summed E-state index contributed by atoms with van der Waals surface area (Å²) < 4.78 is 16.3. The molecule has 1 fully saturated rings. The number of ether oxygens (including phenoxy) is 3. The fourth-order valence-electron chi connectivity index (χ4n) is 4.31. The number of thiocarbonyl (C=S) groups is 1. The van der Waals surface area contributed by atoms with Crippen LogP contribution >= 0.6 is 23.8 Å². The number of halogens is 1. The van der Waals surface area contributed by atoms with Crippen LogP contribution in [0.1, 0.15) is 11.4 Å². The van der Waals surface area contributed by atoms with Gasteiger partial charge in [-0.25, -0.2) is 9.97 Å². The van der Waals surface area contributed by atoms with Crippen molar-refractivity contribution in [2.75, 3.05) is 63.0 Å². The van der Waals surface area contributed by atoms with E-state index < -0.39 is 0 Å². The van der Waals surface area contributed by atoms with Crippen molar-refractivity contribution < 1.29 is 14.2 Å². The molecular formula is C27H32ClN7O3S. The molecule has 2 aromatic carbocycles. The summed E-state index contributed by atoms with van der Waals surface area (Å²) in [6, 6.07) is 13.3. The third-order valence-electron chi connectivity index (χ3n) is 6.08. The van der Waals surface area contributed by atoms with Gasteiger partial charge in [-0.3, -0.25) is 5.32 Å². The van der Waals surface area contributed by atoms with Crippen LogP contribution < -0.4 is 29.7 Å². The largest absolute Gasteiger partial charge is 0.493 e. The fraction of sp³-hybridized carbons (Fsp3) is 0.333. The SMILES string of the molecule is COc1cc(NC(=S)/N=C(\Nc2nc(C)cc(C)n2)N2CCN(c3cccc(Cl)c3)CC2)cc(OC)c1OC. The Morgan fingerprint density at radius 3 is 2.10 bits per heavy atom. The molecule has 0 spiro atoms. The molecule has 2 heterocycles. The minimum atomic E-state index is 0.244. The molecule has 12 heteroatoms.